The first-order valence-electron chi connectivity index (χ1n) is 17.2. The molecule has 0 unspecified atom stereocenters. The summed E-state index contributed by atoms with van der Waals surface area (Å²) in [5.41, 5.74) is 7.15. The van der Waals surface area contributed by atoms with E-state index in [9.17, 15) is 0 Å². The highest BCUT2D eigenvalue weighted by molar-refractivity contribution is 5.98. The van der Waals surface area contributed by atoms with Crippen molar-refractivity contribution in [1.29, 1.82) is 0 Å². The lowest BCUT2D eigenvalue weighted by Gasteiger charge is -2.19. The summed E-state index contributed by atoms with van der Waals surface area (Å²) >= 11 is 0. The smallest absolute Gasteiger partial charge is 0.120 e. The molecule has 4 aromatic carbocycles. The molecule has 0 bridgehead atoms. The fraction of sp³-hybridized carbons (Fsp3) is 0.366. The summed E-state index contributed by atoms with van der Waals surface area (Å²) in [7, 11) is 0. The molecule has 0 atom stereocenters. The third kappa shape index (κ3) is 8.80. The minimum atomic E-state index is 0.542. The highest BCUT2D eigenvalue weighted by atomic mass is 16.5. The molecular formula is C41H48N2O3. The van der Waals surface area contributed by atoms with Crippen molar-refractivity contribution in [2.75, 3.05) is 52.5 Å². The first-order valence-corrected chi connectivity index (χ1v) is 17.2. The molecule has 0 aromatic heterocycles. The molecule has 2 heterocycles. The maximum Gasteiger partial charge on any atom is 0.120 e. The van der Waals surface area contributed by atoms with Crippen LogP contribution in [0.3, 0.4) is 0 Å². The van der Waals surface area contributed by atoms with Gasteiger partial charge in [0.05, 0.1) is 0 Å². The quantitative estimate of drug-likeness (QED) is 0.125. The van der Waals surface area contributed by atoms with Crippen molar-refractivity contribution in [3.05, 3.63) is 125 Å². The summed E-state index contributed by atoms with van der Waals surface area (Å²) in [6.45, 7) is 11.0. The van der Waals surface area contributed by atoms with Crippen LogP contribution in [0.1, 0.15) is 61.3 Å². The van der Waals surface area contributed by atoms with Crippen molar-refractivity contribution in [1.82, 2.24) is 9.80 Å². The maximum absolute atomic E-state index is 6.24. The molecule has 0 amide bonds. The van der Waals surface area contributed by atoms with Gasteiger partial charge in [0, 0.05) is 13.1 Å². The molecule has 46 heavy (non-hydrogen) atoms. The average Bonchev–Trinajstić information content (AvgIpc) is 3.83. The Balaban J connectivity index is 1.24. The Morgan fingerprint density at radius 2 is 1.09 bits per heavy atom. The minimum Gasteiger partial charge on any atom is -0.492 e. The molecule has 0 N–H and O–H groups in total. The minimum absolute atomic E-state index is 0.542. The predicted octanol–water partition coefficient (Wildman–Crippen LogP) is 8.58. The third-order valence-corrected chi connectivity index (χ3v) is 9.12. The summed E-state index contributed by atoms with van der Waals surface area (Å²) in [6, 6.07) is 36.1. The van der Waals surface area contributed by atoms with Gasteiger partial charge in [-0.2, -0.15) is 0 Å². The second-order valence-electron chi connectivity index (χ2n) is 12.4. The van der Waals surface area contributed by atoms with Crippen LogP contribution >= 0.6 is 0 Å². The van der Waals surface area contributed by atoms with Crippen LogP contribution in [-0.4, -0.2) is 62.3 Å². The maximum atomic E-state index is 6.24. The summed E-state index contributed by atoms with van der Waals surface area (Å²) < 4.78 is 18.5. The topological polar surface area (TPSA) is 34.2 Å². The zero-order valence-electron chi connectivity index (χ0n) is 27.3. The van der Waals surface area contributed by atoms with Crippen LogP contribution in [0, 0.1) is 0 Å². The van der Waals surface area contributed by atoms with Gasteiger partial charge in [-0.25, -0.2) is 0 Å². The summed E-state index contributed by atoms with van der Waals surface area (Å²) in [5.74, 6) is 2.70. The van der Waals surface area contributed by atoms with Gasteiger partial charge >= 0.3 is 0 Å². The monoisotopic (exact) mass is 616 g/mol. The van der Waals surface area contributed by atoms with Crippen LogP contribution in [0.25, 0.3) is 11.1 Å². The lowest BCUT2D eigenvalue weighted by atomic mass is 9.88. The molecule has 240 valence electrons. The molecule has 0 radical (unpaired) electrons. The van der Waals surface area contributed by atoms with Crippen molar-refractivity contribution < 1.29 is 14.2 Å². The molecule has 5 nitrogen and oxygen atoms in total. The lowest BCUT2D eigenvalue weighted by Crippen LogP contribution is -2.25. The van der Waals surface area contributed by atoms with Crippen molar-refractivity contribution >= 4 is 11.1 Å². The second-order valence-corrected chi connectivity index (χ2v) is 12.4. The Morgan fingerprint density at radius 3 is 1.61 bits per heavy atom. The first kappa shape index (κ1) is 31.9. The molecule has 6 rings (SSSR count). The van der Waals surface area contributed by atoms with Crippen molar-refractivity contribution in [2.24, 2.45) is 0 Å². The molecule has 2 aliphatic heterocycles. The molecule has 2 saturated heterocycles. The standard InChI is InChI=1S/C41H48N2O3/c1-2-40(36-13-10-14-39(31-36)46-32-33-11-4-3-5-12-33)41(34-15-19-37(20-16-34)44-29-27-42-23-6-7-24-42)35-17-21-38(22-18-35)45-30-28-43-25-8-9-26-43/h3-5,10-22,31H,2,6-9,23-30,32H2,1H3. The average molecular weight is 617 g/mol. The largest absolute Gasteiger partial charge is 0.492 e. The number of allylic oxidation sites excluding steroid dienone is 1. The summed E-state index contributed by atoms with van der Waals surface area (Å²) in [4.78, 5) is 4.97. The van der Waals surface area contributed by atoms with Gasteiger partial charge in [0.1, 0.15) is 37.1 Å². The van der Waals surface area contributed by atoms with Gasteiger partial charge in [0.2, 0.25) is 0 Å². The fourth-order valence-electron chi connectivity index (χ4n) is 6.59. The number of benzene rings is 4. The second kappa shape index (κ2) is 16.5. The van der Waals surface area contributed by atoms with E-state index in [4.69, 9.17) is 14.2 Å². The van der Waals surface area contributed by atoms with E-state index in [1.54, 1.807) is 0 Å². The van der Waals surface area contributed by atoms with E-state index < -0.39 is 0 Å². The van der Waals surface area contributed by atoms with E-state index in [0.717, 1.165) is 55.5 Å². The molecule has 0 aliphatic carbocycles. The van der Waals surface area contributed by atoms with Gasteiger partial charge in [0.15, 0.2) is 0 Å². The van der Waals surface area contributed by atoms with Crippen LogP contribution in [0.15, 0.2) is 103 Å². The van der Waals surface area contributed by atoms with Gasteiger partial charge in [-0.05, 0) is 128 Å². The van der Waals surface area contributed by atoms with E-state index in [-0.39, 0.29) is 0 Å². The fourth-order valence-corrected chi connectivity index (χ4v) is 6.59. The summed E-state index contributed by atoms with van der Waals surface area (Å²) in [5, 5.41) is 0. The zero-order chi connectivity index (χ0) is 31.4. The Hall–Kier alpha value is -4.06. The number of rotatable bonds is 15. The predicted molar refractivity (Wildman–Crippen MR) is 189 cm³/mol. The number of likely N-dealkylation sites (tertiary alicyclic amines) is 2. The van der Waals surface area contributed by atoms with Gasteiger partial charge in [0.25, 0.3) is 0 Å². The van der Waals surface area contributed by atoms with Crippen LogP contribution < -0.4 is 14.2 Å². The highest BCUT2D eigenvalue weighted by Gasteiger charge is 2.16. The van der Waals surface area contributed by atoms with E-state index >= 15 is 0 Å². The third-order valence-electron chi connectivity index (χ3n) is 9.12. The Labute approximate surface area is 275 Å². The highest BCUT2D eigenvalue weighted by Crippen LogP contribution is 2.37. The molecule has 5 heteroatoms. The van der Waals surface area contributed by atoms with Crippen LogP contribution in [-0.2, 0) is 6.61 Å². The molecule has 0 spiro atoms. The number of hydrogen-bond donors (Lipinski definition) is 0. The number of ether oxygens (including phenoxy) is 3. The Kier molecular flexibility index (Phi) is 11.4. The van der Waals surface area contributed by atoms with Gasteiger partial charge in [-0.15, -0.1) is 0 Å². The van der Waals surface area contributed by atoms with E-state index in [1.807, 2.05) is 24.3 Å². The van der Waals surface area contributed by atoms with Gasteiger partial charge in [-0.1, -0.05) is 73.7 Å². The van der Waals surface area contributed by atoms with Crippen LogP contribution in [0.5, 0.6) is 17.2 Å². The molecule has 2 aliphatic rings. The number of hydrogen-bond acceptors (Lipinski definition) is 5. The molecule has 2 fully saturated rings. The van der Waals surface area contributed by atoms with Crippen molar-refractivity contribution in [3.63, 3.8) is 0 Å². The normalized spacial score (nSPS) is 15.2. The first-order chi connectivity index (χ1) is 22.7. The SMILES string of the molecule is CCC(=C(c1ccc(OCCN2CCCC2)cc1)c1ccc(OCCN2CCCC2)cc1)c1cccc(OCc2ccccc2)c1. The van der Waals surface area contributed by atoms with Crippen LogP contribution in [0.4, 0.5) is 0 Å². The van der Waals surface area contributed by atoms with E-state index in [0.29, 0.717) is 6.61 Å². The lowest BCUT2D eigenvalue weighted by molar-refractivity contribution is 0.237. The molecular weight excluding hydrogens is 568 g/mol. The number of nitrogens with zero attached hydrogens (tertiary/aromatic N) is 2. The zero-order valence-corrected chi connectivity index (χ0v) is 27.3. The Bertz CT molecular complexity index is 1450. The van der Waals surface area contributed by atoms with Crippen molar-refractivity contribution in [3.8, 4) is 17.2 Å². The summed E-state index contributed by atoms with van der Waals surface area (Å²) in [6.07, 6.45) is 6.09. The van der Waals surface area contributed by atoms with Crippen molar-refractivity contribution in [2.45, 2.75) is 45.6 Å². The van der Waals surface area contributed by atoms with E-state index in [1.165, 1.54) is 79.7 Å². The van der Waals surface area contributed by atoms with Gasteiger partial charge in [-0.3, -0.25) is 9.80 Å². The van der Waals surface area contributed by atoms with Gasteiger partial charge < -0.3 is 14.2 Å². The molecule has 4 aromatic rings. The van der Waals surface area contributed by atoms with Crippen LogP contribution in [0.2, 0.25) is 0 Å². The molecule has 0 saturated carbocycles. The Morgan fingerprint density at radius 1 is 0.543 bits per heavy atom. The van der Waals surface area contributed by atoms with E-state index in [2.05, 4.69) is 95.6 Å².